The van der Waals surface area contributed by atoms with Crippen molar-refractivity contribution in [3.63, 3.8) is 0 Å². The molecule has 2 aromatic rings. The highest BCUT2D eigenvalue weighted by Gasteiger charge is 2.41. The number of sulfonamides is 1. The Morgan fingerprint density at radius 3 is 2.45 bits per heavy atom. The number of primary amides is 1. The van der Waals surface area contributed by atoms with E-state index in [1.54, 1.807) is 24.3 Å². The van der Waals surface area contributed by atoms with Crippen LogP contribution in [0, 0.1) is 0 Å². The van der Waals surface area contributed by atoms with Crippen LogP contribution in [0.5, 0.6) is 0 Å². The monoisotopic (exact) mass is 568 g/mol. The molecule has 0 aliphatic carbocycles. The van der Waals surface area contributed by atoms with Gasteiger partial charge in [0.25, 0.3) is 10.0 Å². The van der Waals surface area contributed by atoms with Crippen LogP contribution < -0.4 is 16.4 Å². The van der Waals surface area contributed by atoms with Crippen LogP contribution in [0.15, 0.2) is 65.1 Å². The highest BCUT2D eigenvalue weighted by Crippen LogP contribution is 2.44. The number of nitrogens with two attached hydrogens (primary N) is 1. The Bertz CT molecular complexity index is 1440. The number of esters is 1. The number of carbonyl (C=O) groups excluding carboxylic acids is 4. The van der Waals surface area contributed by atoms with E-state index in [9.17, 15) is 27.6 Å². The molecule has 11 nitrogen and oxygen atoms in total. The van der Waals surface area contributed by atoms with Gasteiger partial charge in [0.05, 0.1) is 10.6 Å². The van der Waals surface area contributed by atoms with Crippen LogP contribution in [-0.4, -0.2) is 55.0 Å². The lowest BCUT2D eigenvalue weighted by Gasteiger charge is -2.27. The summed E-state index contributed by atoms with van der Waals surface area (Å²) < 4.78 is 32.4. The first-order chi connectivity index (χ1) is 19.1. The van der Waals surface area contributed by atoms with Crippen molar-refractivity contribution in [3.05, 3.63) is 71.3 Å². The number of nitrogens with one attached hydrogen (secondary N) is 2. The van der Waals surface area contributed by atoms with Crippen molar-refractivity contribution >= 4 is 39.4 Å². The van der Waals surface area contributed by atoms with Gasteiger partial charge in [-0.15, -0.1) is 0 Å². The molecule has 0 spiro atoms. The van der Waals surface area contributed by atoms with Gasteiger partial charge in [-0.05, 0) is 43.4 Å². The predicted molar refractivity (Wildman–Crippen MR) is 145 cm³/mol. The van der Waals surface area contributed by atoms with Crippen LogP contribution in [-0.2, 0) is 40.5 Å². The average molecular weight is 569 g/mol. The molecule has 4 rings (SSSR count). The Balaban J connectivity index is 1.32. The first-order valence-corrected chi connectivity index (χ1v) is 14.4. The predicted octanol–water partition coefficient (Wildman–Crippen LogP) is 1.58. The number of fused-ring (bicyclic) bond motifs is 3. The number of hydrogen-bond acceptors (Lipinski definition) is 7. The SMILES string of the molecule is C[C@H](NC(=O)CC1=C2c3ccccc3S(=O)(=O)N2CCC1)C(=O)N[C@H](CCC(=O)OCc1ccccc1)C(N)=O. The first kappa shape index (κ1) is 28.8. The van der Waals surface area contributed by atoms with Crippen molar-refractivity contribution in [3.8, 4) is 0 Å². The summed E-state index contributed by atoms with van der Waals surface area (Å²) in [7, 11) is -3.66. The number of ether oxygens (including phenoxy) is 1. The third-order valence-corrected chi connectivity index (χ3v) is 8.68. The molecule has 40 heavy (non-hydrogen) atoms. The topological polar surface area (TPSA) is 165 Å². The standard InChI is InChI=1S/C28H32N4O7S/c1-18(28(36)31-22(27(29)35)13-14-25(34)39-17-19-8-3-2-4-9-19)30-24(33)16-20-10-7-15-32-26(20)21-11-5-6-12-23(21)40(32,37)38/h2-6,8-9,11-12,18,22H,7,10,13-17H2,1H3,(H2,29,35)(H,30,33)(H,31,36)/t18-,22+/m0/s1. The van der Waals surface area contributed by atoms with Crippen LogP contribution in [0.4, 0.5) is 0 Å². The Labute approximate surface area is 232 Å². The summed E-state index contributed by atoms with van der Waals surface area (Å²) in [5, 5.41) is 5.08. The van der Waals surface area contributed by atoms with Crippen LogP contribution in [0.2, 0.25) is 0 Å². The average Bonchev–Trinajstić information content (AvgIpc) is 3.17. The van der Waals surface area contributed by atoms with E-state index in [0.29, 0.717) is 36.2 Å². The number of rotatable bonds is 11. The number of amides is 3. The smallest absolute Gasteiger partial charge is 0.306 e. The molecule has 0 saturated heterocycles. The van der Waals surface area contributed by atoms with E-state index in [-0.39, 0.29) is 30.8 Å². The molecule has 2 atom stereocenters. The minimum absolute atomic E-state index is 0.0602. The minimum atomic E-state index is -3.66. The third-order valence-electron chi connectivity index (χ3n) is 6.82. The van der Waals surface area contributed by atoms with Crippen molar-refractivity contribution in [2.75, 3.05) is 6.54 Å². The molecule has 2 heterocycles. The second-order valence-electron chi connectivity index (χ2n) is 9.74. The van der Waals surface area contributed by atoms with E-state index in [1.807, 2.05) is 30.3 Å². The van der Waals surface area contributed by atoms with Gasteiger partial charge in [0.1, 0.15) is 18.7 Å². The highest BCUT2D eigenvalue weighted by atomic mass is 32.2. The fourth-order valence-corrected chi connectivity index (χ4v) is 6.56. The Morgan fingerprint density at radius 1 is 1.02 bits per heavy atom. The summed E-state index contributed by atoms with van der Waals surface area (Å²) >= 11 is 0. The van der Waals surface area contributed by atoms with Crippen LogP contribution in [0.1, 0.15) is 50.2 Å². The third kappa shape index (κ3) is 6.50. The molecule has 2 aliphatic rings. The zero-order chi connectivity index (χ0) is 28.9. The molecule has 0 unspecified atom stereocenters. The molecule has 0 radical (unpaired) electrons. The number of carbonyl (C=O) groups is 4. The molecule has 0 fully saturated rings. The van der Waals surface area contributed by atoms with Crippen LogP contribution >= 0.6 is 0 Å². The van der Waals surface area contributed by atoms with Crippen molar-refractivity contribution in [1.82, 2.24) is 14.9 Å². The fourth-order valence-electron chi connectivity index (χ4n) is 4.79. The van der Waals surface area contributed by atoms with Gasteiger partial charge < -0.3 is 21.1 Å². The van der Waals surface area contributed by atoms with Gasteiger partial charge in [0.15, 0.2) is 0 Å². The fraction of sp³-hybridized carbons (Fsp3) is 0.357. The lowest BCUT2D eigenvalue weighted by molar-refractivity contribution is -0.145. The van der Waals surface area contributed by atoms with Crippen LogP contribution in [0.3, 0.4) is 0 Å². The summed E-state index contributed by atoms with van der Waals surface area (Å²) in [6, 6.07) is 13.7. The molecule has 0 saturated carbocycles. The second kappa shape index (κ2) is 12.3. The number of hydrogen-bond donors (Lipinski definition) is 3. The van der Waals surface area contributed by atoms with Gasteiger partial charge in [-0.2, -0.15) is 0 Å². The highest BCUT2D eigenvalue weighted by molar-refractivity contribution is 7.90. The lowest BCUT2D eigenvalue weighted by atomic mass is 9.96. The molecule has 0 aromatic heterocycles. The van der Waals surface area contributed by atoms with Gasteiger partial charge in [0, 0.05) is 24.9 Å². The molecule has 212 valence electrons. The quantitative estimate of drug-likeness (QED) is 0.346. The molecule has 2 aliphatic heterocycles. The molecule has 0 bridgehead atoms. The Kier molecular flexibility index (Phi) is 8.88. The summed E-state index contributed by atoms with van der Waals surface area (Å²) in [6.45, 7) is 1.88. The van der Waals surface area contributed by atoms with E-state index < -0.39 is 45.8 Å². The van der Waals surface area contributed by atoms with Crippen molar-refractivity contribution in [1.29, 1.82) is 0 Å². The van der Waals surface area contributed by atoms with Gasteiger partial charge in [-0.1, -0.05) is 48.5 Å². The zero-order valence-corrected chi connectivity index (χ0v) is 22.9. The summed E-state index contributed by atoms with van der Waals surface area (Å²) in [6.07, 6.45) is 0.839. The Morgan fingerprint density at radius 2 is 1.73 bits per heavy atom. The number of nitrogens with zero attached hydrogens (tertiary/aromatic N) is 1. The van der Waals surface area contributed by atoms with E-state index in [2.05, 4.69) is 10.6 Å². The number of benzene rings is 2. The maximum absolute atomic E-state index is 12.9. The zero-order valence-electron chi connectivity index (χ0n) is 22.1. The molecular weight excluding hydrogens is 536 g/mol. The van der Waals surface area contributed by atoms with Gasteiger partial charge >= 0.3 is 5.97 Å². The van der Waals surface area contributed by atoms with E-state index in [0.717, 1.165) is 5.56 Å². The lowest BCUT2D eigenvalue weighted by Crippen LogP contribution is -2.52. The van der Waals surface area contributed by atoms with Crippen molar-refractivity contribution in [2.24, 2.45) is 5.73 Å². The maximum atomic E-state index is 12.9. The first-order valence-electron chi connectivity index (χ1n) is 13.0. The molecule has 2 aromatic carbocycles. The van der Waals surface area contributed by atoms with E-state index >= 15 is 0 Å². The normalized spacial score (nSPS) is 16.8. The van der Waals surface area contributed by atoms with Gasteiger partial charge in [-0.3, -0.25) is 23.5 Å². The largest absolute Gasteiger partial charge is 0.461 e. The molecule has 3 amide bonds. The summed E-state index contributed by atoms with van der Waals surface area (Å²) in [4.78, 5) is 49.8. The maximum Gasteiger partial charge on any atom is 0.306 e. The van der Waals surface area contributed by atoms with Gasteiger partial charge in [0.2, 0.25) is 17.7 Å². The second-order valence-corrected chi connectivity index (χ2v) is 11.6. The van der Waals surface area contributed by atoms with Crippen molar-refractivity contribution in [2.45, 2.75) is 62.6 Å². The van der Waals surface area contributed by atoms with E-state index in [4.69, 9.17) is 10.5 Å². The minimum Gasteiger partial charge on any atom is -0.461 e. The molecular formula is C28H32N4O7S. The van der Waals surface area contributed by atoms with E-state index in [1.165, 1.54) is 11.2 Å². The molecule has 12 heteroatoms. The Hall–Kier alpha value is -4.19. The van der Waals surface area contributed by atoms with Crippen molar-refractivity contribution < 1.29 is 32.3 Å². The summed E-state index contributed by atoms with van der Waals surface area (Å²) in [5.74, 6) is -2.48. The van der Waals surface area contributed by atoms with Gasteiger partial charge in [-0.25, -0.2) is 8.42 Å². The molecule has 4 N–H and O–H groups in total. The van der Waals surface area contributed by atoms with Crippen LogP contribution in [0.25, 0.3) is 5.70 Å². The summed E-state index contributed by atoms with van der Waals surface area (Å²) in [5.41, 5.74) is 8.01.